The number of benzene rings is 1. The predicted molar refractivity (Wildman–Crippen MR) is 83.2 cm³/mol. The summed E-state index contributed by atoms with van der Waals surface area (Å²) in [7, 11) is -3.15. The molecule has 0 spiro atoms. The van der Waals surface area contributed by atoms with E-state index >= 15 is 0 Å². The SMILES string of the molecule is CC(C(=O)c1ccc(Cl)cc1)N1CCN(S(C)(=O)=O)CC1. The van der Waals surface area contributed by atoms with Crippen LogP contribution >= 0.6 is 11.6 Å². The van der Waals surface area contributed by atoms with Crippen molar-refractivity contribution in [1.82, 2.24) is 9.21 Å². The minimum atomic E-state index is -3.15. The summed E-state index contributed by atoms with van der Waals surface area (Å²) in [5.74, 6) is 0.0273. The van der Waals surface area contributed by atoms with Gasteiger partial charge in [-0.3, -0.25) is 9.69 Å². The summed E-state index contributed by atoms with van der Waals surface area (Å²) >= 11 is 5.82. The number of ketones is 1. The summed E-state index contributed by atoms with van der Waals surface area (Å²) in [5.41, 5.74) is 0.623. The van der Waals surface area contributed by atoms with Crippen molar-refractivity contribution in [1.29, 1.82) is 0 Å². The van der Waals surface area contributed by atoms with E-state index in [0.717, 1.165) is 0 Å². The van der Waals surface area contributed by atoms with Crippen LogP contribution in [0.15, 0.2) is 24.3 Å². The number of piperazine rings is 1. The van der Waals surface area contributed by atoms with Gasteiger partial charge in [0.05, 0.1) is 12.3 Å². The summed E-state index contributed by atoms with van der Waals surface area (Å²) in [5, 5.41) is 0.598. The van der Waals surface area contributed by atoms with E-state index in [-0.39, 0.29) is 11.8 Å². The first-order valence-corrected chi connectivity index (χ1v) is 9.00. The number of Topliss-reactive ketones (excluding diaryl/α,β-unsaturated/α-hetero) is 1. The van der Waals surface area contributed by atoms with E-state index in [1.54, 1.807) is 24.3 Å². The van der Waals surface area contributed by atoms with Gasteiger partial charge in [0.25, 0.3) is 0 Å². The highest BCUT2D eigenvalue weighted by Crippen LogP contribution is 2.15. The number of carbonyl (C=O) groups is 1. The lowest BCUT2D eigenvalue weighted by Crippen LogP contribution is -2.52. The number of rotatable bonds is 4. The average Bonchev–Trinajstić information content (AvgIpc) is 2.46. The maximum absolute atomic E-state index is 12.4. The molecule has 0 aliphatic carbocycles. The molecule has 1 aliphatic rings. The molecule has 1 heterocycles. The fourth-order valence-corrected chi connectivity index (χ4v) is 3.40. The van der Waals surface area contributed by atoms with Gasteiger partial charge in [-0.25, -0.2) is 8.42 Å². The first-order chi connectivity index (χ1) is 9.79. The summed E-state index contributed by atoms with van der Waals surface area (Å²) in [6.07, 6.45) is 1.21. The van der Waals surface area contributed by atoms with E-state index in [9.17, 15) is 13.2 Å². The van der Waals surface area contributed by atoms with E-state index in [1.165, 1.54) is 10.6 Å². The smallest absolute Gasteiger partial charge is 0.211 e. The number of nitrogens with zero attached hydrogens (tertiary/aromatic N) is 2. The molecule has 5 nitrogen and oxygen atoms in total. The highest BCUT2D eigenvalue weighted by molar-refractivity contribution is 7.88. The second-order valence-electron chi connectivity index (χ2n) is 5.25. The van der Waals surface area contributed by atoms with Crippen LogP contribution in [0.1, 0.15) is 17.3 Å². The molecular formula is C14H19ClN2O3S. The van der Waals surface area contributed by atoms with Crippen molar-refractivity contribution in [2.24, 2.45) is 0 Å². The molecule has 0 bridgehead atoms. The minimum Gasteiger partial charge on any atom is -0.292 e. The Morgan fingerprint density at radius 1 is 1.14 bits per heavy atom. The van der Waals surface area contributed by atoms with Crippen LogP contribution in [0.2, 0.25) is 5.02 Å². The molecule has 0 aromatic heterocycles. The zero-order valence-electron chi connectivity index (χ0n) is 12.1. The van der Waals surface area contributed by atoms with Crippen molar-refractivity contribution in [3.63, 3.8) is 0 Å². The van der Waals surface area contributed by atoms with E-state index in [2.05, 4.69) is 0 Å². The quantitative estimate of drug-likeness (QED) is 0.785. The fraction of sp³-hybridized carbons (Fsp3) is 0.500. The lowest BCUT2D eigenvalue weighted by molar-refractivity contribution is 0.0782. The molecule has 1 atom stereocenters. The first-order valence-electron chi connectivity index (χ1n) is 6.78. The number of carbonyl (C=O) groups excluding carboxylic acids is 1. The van der Waals surface area contributed by atoms with Gasteiger partial charge in [-0.15, -0.1) is 0 Å². The molecule has 0 saturated carbocycles. The molecule has 0 radical (unpaired) electrons. The molecule has 0 amide bonds. The van der Waals surface area contributed by atoms with E-state index in [4.69, 9.17) is 11.6 Å². The van der Waals surface area contributed by atoms with E-state index < -0.39 is 10.0 Å². The maximum atomic E-state index is 12.4. The number of hydrogen-bond donors (Lipinski definition) is 0. The van der Waals surface area contributed by atoms with Crippen LogP contribution in [0, 0.1) is 0 Å². The maximum Gasteiger partial charge on any atom is 0.211 e. The monoisotopic (exact) mass is 330 g/mol. The van der Waals surface area contributed by atoms with Crippen molar-refractivity contribution in [3.05, 3.63) is 34.9 Å². The van der Waals surface area contributed by atoms with Gasteiger partial charge in [-0.2, -0.15) is 4.31 Å². The van der Waals surface area contributed by atoms with Crippen LogP contribution in [0.4, 0.5) is 0 Å². The molecule has 1 aromatic rings. The molecule has 21 heavy (non-hydrogen) atoms. The van der Waals surface area contributed by atoms with Gasteiger partial charge in [-0.05, 0) is 31.2 Å². The third-order valence-electron chi connectivity index (χ3n) is 3.80. The van der Waals surface area contributed by atoms with Crippen LogP contribution in [0.5, 0.6) is 0 Å². The van der Waals surface area contributed by atoms with Crippen molar-refractivity contribution in [3.8, 4) is 0 Å². The highest BCUT2D eigenvalue weighted by atomic mass is 35.5. The topological polar surface area (TPSA) is 57.7 Å². The molecule has 1 saturated heterocycles. The minimum absolute atomic E-state index is 0.0273. The van der Waals surface area contributed by atoms with Gasteiger partial charge in [0.2, 0.25) is 10.0 Å². The van der Waals surface area contributed by atoms with E-state index in [0.29, 0.717) is 36.8 Å². The van der Waals surface area contributed by atoms with Gasteiger partial charge in [-0.1, -0.05) is 11.6 Å². The number of halogens is 1. The second kappa shape index (κ2) is 6.44. The molecule has 116 valence electrons. The highest BCUT2D eigenvalue weighted by Gasteiger charge is 2.29. The normalized spacial score (nSPS) is 19.4. The first kappa shape index (κ1) is 16.4. The summed E-state index contributed by atoms with van der Waals surface area (Å²) in [6, 6.07) is 6.56. The predicted octanol–water partition coefficient (Wildman–Crippen LogP) is 1.49. The molecule has 7 heteroatoms. The molecule has 1 unspecified atom stereocenters. The fourth-order valence-electron chi connectivity index (χ4n) is 2.44. The Labute approximate surface area is 130 Å². The van der Waals surface area contributed by atoms with Gasteiger partial charge in [0.15, 0.2) is 5.78 Å². The summed E-state index contributed by atoms with van der Waals surface area (Å²) < 4.78 is 24.4. The Bertz CT molecular complexity index is 608. The summed E-state index contributed by atoms with van der Waals surface area (Å²) in [6.45, 7) is 3.84. The van der Waals surface area contributed by atoms with Crippen molar-refractivity contribution >= 4 is 27.4 Å². The van der Waals surface area contributed by atoms with E-state index in [1.807, 2.05) is 11.8 Å². The third-order valence-corrected chi connectivity index (χ3v) is 5.35. The summed E-state index contributed by atoms with van der Waals surface area (Å²) in [4.78, 5) is 14.4. The largest absolute Gasteiger partial charge is 0.292 e. The van der Waals surface area contributed by atoms with Gasteiger partial charge < -0.3 is 0 Å². The van der Waals surface area contributed by atoms with Crippen LogP contribution < -0.4 is 0 Å². The molecule has 2 rings (SSSR count). The molecular weight excluding hydrogens is 312 g/mol. The zero-order valence-corrected chi connectivity index (χ0v) is 13.7. The Hall–Kier alpha value is -0.950. The Morgan fingerprint density at radius 2 is 1.67 bits per heavy atom. The van der Waals surface area contributed by atoms with Crippen LogP contribution in [0.3, 0.4) is 0 Å². The molecule has 0 N–H and O–H groups in total. The average molecular weight is 331 g/mol. The zero-order chi connectivity index (χ0) is 15.6. The third kappa shape index (κ3) is 4.03. The lowest BCUT2D eigenvalue weighted by Gasteiger charge is -2.36. The van der Waals surface area contributed by atoms with Gasteiger partial charge >= 0.3 is 0 Å². The second-order valence-corrected chi connectivity index (χ2v) is 7.66. The Morgan fingerprint density at radius 3 is 2.14 bits per heavy atom. The van der Waals surface area contributed by atoms with Crippen molar-refractivity contribution < 1.29 is 13.2 Å². The standard InChI is InChI=1S/C14H19ClN2O3S/c1-11(14(18)12-3-5-13(15)6-4-12)16-7-9-17(10-8-16)21(2,19)20/h3-6,11H,7-10H2,1-2H3. The number of sulfonamides is 1. The van der Waals surface area contributed by atoms with Crippen molar-refractivity contribution in [2.45, 2.75) is 13.0 Å². The van der Waals surface area contributed by atoms with Gasteiger partial charge in [0, 0.05) is 36.8 Å². The molecule has 1 aliphatic heterocycles. The Kier molecular flexibility index (Phi) is 5.03. The number of hydrogen-bond acceptors (Lipinski definition) is 4. The molecule has 1 aromatic carbocycles. The van der Waals surface area contributed by atoms with Crippen LogP contribution in [-0.2, 0) is 10.0 Å². The van der Waals surface area contributed by atoms with Crippen LogP contribution in [0.25, 0.3) is 0 Å². The molecule has 1 fully saturated rings. The van der Waals surface area contributed by atoms with Crippen LogP contribution in [-0.4, -0.2) is 61.9 Å². The van der Waals surface area contributed by atoms with Gasteiger partial charge in [0.1, 0.15) is 0 Å². The van der Waals surface area contributed by atoms with Crippen molar-refractivity contribution in [2.75, 3.05) is 32.4 Å². The lowest BCUT2D eigenvalue weighted by atomic mass is 10.0. The Balaban J connectivity index is 2.00.